The maximum Gasteiger partial charge on any atom is 0.188 e. The minimum absolute atomic E-state index is 0. The lowest BCUT2D eigenvalue weighted by molar-refractivity contribution is 1.26. The summed E-state index contributed by atoms with van der Waals surface area (Å²) >= 11 is 3.14. The van der Waals surface area contributed by atoms with Crippen LogP contribution in [0.2, 0.25) is 0 Å². The molecule has 0 radical (unpaired) electrons. The zero-order valence-corrected chi connectivity index (χ0v) is 13.7. The molecule has 4 nitrogen and oxygen atoms in total. The summed E-state index contributed by atoms with van der Waals surface area (Å²) in [4.78, 5) is 13.0. The molecular formula is C12H12Cl2N4S2. The molecule has 8 heteroatoms. The van der Waals surface area contributed by atoms with Crippen molar-refractivity contribution in [3.05, 3.63) is 40.8 Å². The van der Waals surface area contributed by atoms with Crippen LogP contribution in [0, 0.1) is 6.92 Å². The number of aromatic nitrogens is 3. The predicted octanol–water partition coefficient (Wildman–Crippen LogP) is 4.56. The van der Waals surface area contributed by atoms with E-state index in [0.717, 1.165) is 21.7 Å². The Morgan fingerprint density at radius 1 is 1.10 bits per heavy atom. The van der Waals surface area contributed by atoms with Crippen molar-refractivity contribution in [1.82, 2.24) is 15.0 Å². The van der Waals surface area contributed by atoms with Crippen LogP contribution in [0.15, 0.2) is 35.3 Å². The van der Waals surface area contributed by atoms with Gasteiger partial charge in [-0.15, -0.1) is 47.5 Å². The Kier molecular flexibility index (Phi) is 6.35. The van der Waals surface area contributed by atoms with Crippen LogP contribution in [0.1, 0.15) is 5.56 Å². The molecule has 0 aromatic carbocycles. The van der Waals surface area contributed by atoms with Crippen LogP contribution >= 0.6 is 47.5 Å². The molecule has 106 valence electrons. The van der Waals surface area contributed by atoms with Crippen LogP contribution in [0.5, 0.6) is 0 Å². The van der Waals surface area contributed by atoms with E-state index in [0.29, 0.717) is 0 Å². The predicted molar refractivity (Wildman–Crippen MR) is 90.0 cm³/mol. The van der Waals surface area contributed by atoms with Gasteiger partial charge in [-0.1, -0.05) is 0 Å². The second-order valence-corrected chi connectivity index (χ2v) is 5.47. The zero-order valence-electron chi connectivity index (χ0n) is 10.4. The lowest BCUT2D eigenvalue weighted by Gasteiger charge is -2.01. The molecule has 3 aromatic rings. The number of hydrogen-bond acceptors (Lipinski definition) is 6. The van der Waals surface area contributed by atoms with Crippen molar-refractivity contribution in [2.45, 2.75) is 6.92 Å². The SMILES string of the molecule is Cc1ccnc(Nc2nc(-c3nccs3)cs2)c1.Cl.Cl. The van der Waals surface area contributed by atoms with Gasteiger partial charge in [0.25, 0.3) is 0 Å². The second kappa shape index (κ2) is 7.54. The van der Waals surface area contributed by atoms with E-state index < -0.39 is 0 Å². The Labute approximate surface area is 137 Å². The minimum Gasteiger partial charge on any atom is -0.316 e. The molecule has 0 bridgehead atoms. The summed E-state index contributed by atoms with van der Waals surface area (Å²) in [6, 6.07) is 3.96. The highest BCUT2D eigenvalue weighted by atomic mass is 35.5. The number of aryl methyl sites for hydroxylation is 1. The molecule has 0 aliphatic carbocycles. The summed E-state index contributed by atoms with van der Waals surface area (Å²) in [6.45, 7) is 2.04. The third-order valence-electron chi connectivity index (χ3n) is 2.31. The van der Waals surface area contributed by atoms with E-state index in [9.17, 15) is 0 Å². The van der Waals surface area contributed by atoms with E-state index in [2.05, 4.69) is 20.3 Å². The fraction of sp³-hybridized carbons (Fsp3) is 0.0833. The van der Waals surface area contributed by atoms with Crippen molar-refractivity contribution >= 4 is 58.4 Å². The molecule has 3 aromatic heterocycles. The number of nitrogens with zero attached hydrogens (tertiary/aromatic N) is 3. The highest BCUT2D eigenvalue weighted by Gasteiger charge is 2.07. The first-order chi connectivity index (χ1) is 8.81. The summed E-state index contributed by atoms with van der Waals surface area (Å²) in [6.07, 6.45) is 3.57. The monoisotopic (exact) mass is 346 g/mol. The number of rotatable bonds is 3. The maximum absolute atomic E-state index is 4.49. The molecule has 0 fully saturated rings. The van der Waals surface area contributed by atoms with Gasteiger partial charge >= 0.3 is 0 Å². The van der Waals surface area contributed by atoms with E-state index >= 15 is 0 Å². The quantitative estimate of drug-likeness (QED) is 0.755. The molecule has 0 saturated heterocycles. The van der Waals surface area contributed by atoms with Crippen molar-refractivity contribution < 1.29 is 0 Å². The van der Waals surface area contributed by atoms with Crippen LogP contribution < -0.4 is 5.32 Å². The van der Waals surface area contributed by atoms with Gasteiger partial charge in [-0.25, -0.2) is 15.0 Å². The number of nitrogens with one attached hydrogen (secondary N) is 1. The molecule has 0 atom stereocenters. The van der Waals surface area contributed by atoms with Gasteiger partial charge in [0.15, 0.2) is 5.13 Å². The molecular weight excluding hydrogens is 335 g/mol. The van der Waals surface area contributed by atoms with Gasteiger partial charge in [0.2, 0.25) is 0 Å². The Morgan fingerprint density at radius 3 is 2.65 bits per heavy atom. The summed E-state index contributed by atoms with van der Waals surface area (Å²) < 4.78 is 0. The number of halogens is 2. The first kappa shape index (κ1) is 16.8. The van der Waals surface area contributed by atoms with Crippen LogP contribution in [0.3, 0.4) is 0 Å². The molecule has 0 unspecified atom stereocenters. The Bertz CT molecular complexity index is 655. The van der Waals surface area contributed by atoms with E-state index in [1.165, 1.54) is 5.56 Å². The van der Waals surface area contributed by atoms with Crippen molar-refractivity contribution in [3.8, 4) is 10.7 Å². The van der Waals surface area contributed by atoms with Crippen molar-refractivity contribution in [2.75, 3.05) is 5.32 Å². The Morgan fingerprint density at radius 2 is 1.95 bits per heavy atom. The third-order valence-corrected chi connectivity index (χ3v) is 3.86. The number of thiazole rings is 2. The Balaban J connectivity index is 0.000001000. The lowest BCUT2D eigenvalue weighted by atomic mass is 10.3. The van der Waals surface area contributed by atoms with Crippen LogP contribution in [-0.4, -0.2) is 15.0 Å². The van der Waals surface area contributed by atoms with Gasteiger partial charge in [0.05, 0.1) is 0 Å². The van der Waals surface area contributed by atoms with E-state index in [-0.39, 0.29) is 24.8 Å². The minimum atomic E-state index is 0. The zero-order chi connectivity index (χ0) is 12.4. The van der Waals surface area contributed by atoms with E-state index in [1.807, 2.05) is 29.8 Å². The normalized spacial score (nSPS) is 9.45. The molecule has 0 saturated carbocycles. The highest BCUT2D eigenvalue weighted by molar-refractivity contribution is 7.15. The molecule has 0 amide bonds. The van der Waals surface area contributed by atoms with E-state index in [4.69, 9.17) is 0 Å². The summed E-state index contributed by atoms with van der Waals surface area (Å²) in [5.74, 6) is 0.815. The average Bonchev–Trinajstić information content (AvgIpc) is 2.98. The molecule has 20 heavy (non-hydrogen) atoms. The van der Waals surface area contributed by atoms with Crippen LogP contribution in [-0.2, 0) is 0 Å². The summed E-state index contributed by atoms with van der Waals surface area (Å²) in [5, 5.41) is 8.92. The highest BCUT2D eigenvalue weighted by Crippen LogP contribution is 2.27. The van der Waals surface area contributed by atoms with Gasteiger partial charge in [-0.3, -0.25) is 0 Å². The first-order valence-corrected chi connectivity index (χ1v) is 7.12. The van der Waals surface area contributed by atoms with Crippen LogP contribution in [0.4, 0.5) is 10.9 Å². The molecule has 3 heterocycles. The largest absolute Gasteiger partial charge is 0.316 e. The average molecular weight is 347 g/mol. The Hall–Kier alpha value is -1.21. The third kappa shape index (κ3) is 3.89. The van der Waals surface area contributed by atoms with Crippen molar-refractivity contribution in [3.63, 3.8) is 0 Å². The van der Waals surface area contributed by atoms with Gasteiger partial charge in [0.1, 0.15) is 16.5 Å². The van der Waals surface area contributed by atoms with E-state index in [1.54, 1.807) is 35.1 Å². The van der Waals surface area contributed by atoms with Gasteiger partial charge in [-0.05, 0) is 24.6 Å². The molecule has 3 rings (SSSR count). The summed E-state index contributed by atoms with van der Waals surface area (Å²) in [7, 11) is 0. The maximum atomic E-state index is 4.49. The second-order valence-electron chi connectivity index (χ2n) is 3.72. The van der Waals surface area contributed by atoms with Gasteiger partial charge in [-0.2, -0.15) is 0 Å². The number of pyridine rings is 1. The lowest BCUT2D eigenvalue weighted by Crippen LogP contribution is -1.92. The smallest absolute Gasteiger partial charge is 0.188 e. The van der Waals surface area contributed by atoms with Crippen molar-refractivity contribution in [1.29, 1.82) is 0 Å². The molecule has 0 aliphatic rings. The van der Waals surface area contributed by atoms with Crippen LogP contribution in [0.25, 0.3) is 10.7 Å². The van der Waals surface area contributed by atoms with Gasteiger partial charge in [0, 0.05) is 23.2 Å². The molecule has 1 N–H and O–H groups in total. The fourth-order valence-corrected chi connectivity index (χ4v) is 2.87. The molecule has 0 spiro atoms. The topological polar surface area (TPSA) is 50.7 Å². The summed E-state index contributed by atoms with van der Waals surface area (Å²) in [5.41, 5.74) is 2.08. The molecule has 0 aliphatic heterocycles. The number of hydrogen-bond donors (Lipinski definition) is 1. The van der Waals surface area contributed by atoms with Gasteiger partial charge < -0.3 is 5.32 Å². The fourth-order valence-electron chi connectivity index (χ4n) is 1.49. The number of anilines is 2. The standard InChI is InChI=1S/C12H10N4S2.2ClH/c1-8-2-3-13-10(6-8)16-12-15-9(7-18-12)11-14-4-5-17-11;;/h2-7H,1H3,(H,13,15,16);2*1H. The first-order valence-electron chi connectivity index (χ1n) is 5.36. The van der Waals surface area contributed by atoms with Crippen molar-refractivity contribution in [2.24, 2.45) is 0 Å².